The first-order valence-electron chi connectivity index (χ1n) is 4.89. The molecule has 0 N–H and O–H groups in total. The van der Waals surface area contributed by atoms with Gasteiger partial charge in [0.25, 0.3) is 0 Å². The van der Waals surface area contributed by atoms with Gasteiger partial charge in [-0.2, -0.15) is 0 Å². The van der Waals surface area contributed by atoms with E-state index in [1.54, 1.807) is 0 Å². The molecule has 1 unspecified atom stereocenters. The summed E-state index contributed by atoms with van der Waals surface area (Å²) in [5, 5.41) is 0. The smallest absolute Gasteiger partial charge is 0.100 e. The molecule has 0 saturated heterocycles. The first-order valence-corrected chi connectivity index (χ1v) is 6.14. The lowest BCUT2D eigenvalue weighted by molar-refractivity contribution is 0.174. The summed E-state index contributed by atoms with van der Waals surface area (Å²) in [5.41, 5.74) is 0. The fraction of sp³-hybridized carbons (Fsp3) is 1.00. The molecule has 1 aliphatic carbocycles. The highest BCUT2D eigenvalue weighted by atomic mass is 127. The Kier molecular flexibility index (Phi) is 4.27. The van der Waals surface area contributed by atoms with Crippen LogP contribution in [0.3, 0.4) is 0 Å². The maximum atomic E-state index is 12.8. The van der Waals surface area contributed by atoms with Gasteiger partial charge in [-0.15, -0.1) is 0 Å². The highest BCUT2D eigenvalue weighted by Gasteiger charge is 2.26. The van der Waals surface area contributed by atoms with Gasteiger partial charge in [0.2, 0.25) is 0 Å². The Labute approximate surface area is 88.4 Å². The zero-order valence-corrected chi connectivity index (χ0v) is 10.1. The molecule has 2 atom stereocenters. The predicted octanol–water partition coefficient (Wildman–Crippen LogP) is 3.97. The zero-order chi connectivity index (χ0) is 9.14. The molecule has 0 heterocycles. The van der Waals surface area contributed by atoms with Crippen LogP contribution >= 0.6 is 22.6 Å². The van der Waals surface area contributed by atoms with E-state index >= 15 is 0 Å². The minimum atomic E-state index is -0.502. The van der Waals surface area contributed by atoms with E-state index in [2.05, 4.69) is 36.4 Å². The van der Waals surface area contributed by atoms with Crippen molar-refractivity contribution < 1.29 is 4.39 Å². The Morgan fingerprint density at radius 1 is 1.17 bits per heavy atom. The summed E-state index contributed by atoms with van der Waals surface area (Å²) in [6.07, 6.45) is 3.32. The summed E-state index contributed by atoms with van der Waals surface area (Å²) in [4.78, 5) is 0. The third kappa shape index (κ3) is 2.86. The molecule has 1 fully saturated rings. The molecule has 1 saturated carbocycles. The van der Waals surface area contributed by atoms with E-state index in [-0.39, 0.29) is 0 Å². The molecule has 0 radical (unpaired) electrons. The van der Waals surface area contributed by atoms with Crippen LogP contribution in [0.5, 0.6) is 0 Å². The second-order valence-corrected chi connectivity index (χ2v) is 6.01. The van der Waals surface area contributed by atoms with E-state index < -0.39 is 6.17 Å². The summed E-state index contributed by atoms with van der Waals surface area (Å²) in [5.74, 6) is 1.54. The Morgan fingerprint density at radius 3 is 2.08 bits per heavy atom. The molecule has 72 valence electrons. The standard InChI is InChI=1S/C10H18FI/c1-7(8(2)12)9-3-5-10(11)6-4-9/h7-10H,3-6H2,1-2H3/t7-,8?,9?,10?/m0/s1. The van der Waals surface area contributed by atoms with Gasteiger partial charge >= 0.3 is 0 Å². The minimum absolute atomic E-state index is 0.502. The van der Waals surface area contributed by atoms with Crippen LogP contribution in [0.25, 0.3) is 0 Å². The van der Waals surface area contributed by atoms with Crippen molar-refractivity contribution in [1.82, 2.24) is 0 Å². The van der Waals surface area contributed by atoms with Crippen LogP contribution in [0.1, 0.15) is 39.5 Å². The molecular formula is C10H18FI. The zero-order valence-electron chi connectivity index (χ0n) is 7.89. The number of hydrogen-bond donors (Lipinski definition) is 0. The maximum absolute atomic E-state index is 12.8. The Balaban J connectivity index is 2.34. The van der Waals surface area contributed by atoms with Crippen LogP contribution in [-0.4, -0.2) is 10.1 Å². The van der Waals surface area contributed by atoms with Crippen molar-refractivity contribution in [2.75, 3.05) is 0 Å². The lowest BCUT2D eigenvalue weighted by Crippen LogP contribution is -2.24. The van der Waals surface area contributed by atoms with Crippen molar-refractivity contribution in [2.45, 2.75) is 49.6 Å². The highest BCUT2D eigenvalue weighted by molar-refractivity contribution is 14.1. The molecule has 0 aromatic heterocycles. The number of alkyl halides is 2. The first-order chi connectivity index (χ1) is 5.61. The average molecular weight is 284 g/mol. The van der Waals surface area contributed by atoms with Crippen LogP contribution in [-0.2, 0) is 0 Å². The Hall–Kier alpha value is 0.660. The van der Waals surface area contributed by atoms with Crippen molar-refractivity contribution >= 4 is 22.6 Å². The summed E-state index contributed by atoms with van der Waals surface area (Å²) in [6.45, 7) is 4.56. The Morgan fingerprint density at radius 2 is 1.67 bits per heavy atom. The molecule has 1 aliphatic rings. The fourth-order valence-corrected chi connectivity index (χ4v) is 2.57. The molecule has 0 bridgehead atoms. The van der Waals surface area contributed by atoms with Crippen molar-refractivity contribution in [2.24, 2.45) is 11.8 Å². The summed E-state index contributed by atoms with van der Waals surface area (Å²) < 4.78 is 13.5. The van der Waals surface area contributed by atoms with Gasteiger partial charge in [-0.25, -0.2) is 4.39 Å². The fourth-order valence-electron chi connectivity index (χ4n) is 1.98. The van der Waals surface area contributed by atoms with Crippen LogP contribution in [0, 0.1) is 11.8 Å². The first kappa shape index (κ1) is 10.7. The van der Waals surface area contributed by atoms with Crippen LogP contribution in [0.15, 0.2) is 0 Å². The highest BCUT2D eigenvalue weighted by Crippen LogP contribution is 2.34. The van der Waals surface area contributed by atoms with Crippen molar-refractivity contribution in [3.63, 3.8) is 0 Å². The molecule has 12 heavy (non-hydrogen) atoms. The summed E-state index contributed by atoms with van der Waals surface area (Å²) in [6, 6.07) is 0. The lowest BCUT2D eigenvalue weighted by Gasteiger charge is -2.30. The molecule has 2 heteroatoms. The molecule has 0 spiro atoms. The van der Waals surface area contributed by atoms with Gasteiger partial charge in [-0.05, 0) is 37.5 Å². The van der Waals surface area contributed by atoms with Crippen molar-refractivity contribution in [3.05, 3.63) is 0 Å². The second-order valence-electron chi connectivity index (χ2n) is 4.05. The normalized spacial score (nSPS) is 36.0. The molecule has 0 aromatic rings. The van der Waals surface area contributed by atoms with Crippen LogP contribution in [0.2, 0.25) is 0 Å². The van der Waals surface area contributed by atoms with Gasteiger partial charge in [0.05, 0.1) is 0 Å². The van der Waals surface area contributed by atoms with Gasteiger partial charge in [-0.1, -0.05) is 36.4 Å². The molecular weight excluding hydrogens is 266 g/mol. The number of hydrogen-bond acceptors (Lipinski definition) is 0. The van der Waals surface area contributed by atoms with E-state index in [1.165, 1.54) is 0 Å². The van der Waals surface area contributed by atoms with Crippen LogP contribution < -0.4 is 0 Å². The monoisotopic (exact) mass is 284 g/mol. The number of halogens is 2. The number of rotatable bonds is 2. The largest absolute Gasteiger partial charge is 0.247 e. The van der Waals surface area contributed by atoms with Crippen LogP contribution in [0.4, 0.5) is 4.39 Å². The molecule has 0 nitrogen and oxygen atoms in total. The topological polar surface area (TPSA) is 0 Å². The van der Waals surface area contributed by atoms with Gasteiger partial charge in [-0.3, -0.25) is 0 Å². The van der Waals surface area contributed by atoms with Crippen molar-refractivity contribution in [3.8, 4) is 0 Å². The average Bonchev–Trinajstić information content (AvgIpc) is 2.04. The quantitative estimate of drug-likeness (QED) is 0.531. The SMILES string of the molecule is CC(I)[C@H](C)C1CCC(F)CC1. The predicted molar refractivity (Wildman–Crippen MR) is 59.5 cm³/mol. The van der Waals surface area contributed by atoms with E-state index in [0.29, 0.717) is 0 Å². The summed E-state index contributed by atoms with van der Waals surface area (Å²) >= 11 is 2.48. The van der Waals surface area contributed by atoms with Gasteiger partial charge in [0.1, 0.15) is 6.17 Å². The van der Waals surface area contributed by atoms with Crippen molar-refractivity contribution in [1.29, 1.82) is 0 Å². The molecule has 1 rings (SSSR count). The third-order valence-electron chi connectivity index (χ3n) is 3.17. The summed E-state index contributed by atoms with van der Waals surface area (Å²) in [7, 11) is 0. The van der Waals surface area contributed by atoms with Gasteiger partial charge in [0.15, 0.2) is 0 Å². The minimum Gasteiger partial charge on any atom is -0.247 e. The molecule has 0 amide bonds. The second kappa shape index (κ2) is 4.77. The van der Waals surface area contributed by atoms with E-state index in [4.69, 9.17) is 0 Å². The molecule has 0 aromatic carbocycles. The van der Waals surface area contributed by atoms with E-state index in [0.717, 1.165) is 41.4 Å². The van der Waals surface area contributed by atoms with E-state index in [1.807, 2.05) is 0 Å². The van der Waals surface area contributed by atoms with Gasteiger partial charge in [0, 0.05) is 3.92 Å². The van der Waals surface area contributed by atoms with E-state index in [9.17, 15) is 4.39 Å². The van der Waals surface area contributed by atoms with Gasteiger partial charge < -0.3 is 0 Å². The molecule has 0 aliphatic heterocycles. The maximum Gasteiger partial charge on any atom is 0.100 e. The lowest BCUT2D eigenvalue weighted by atomic mass is 9.79. The Bertz CT molecular complexity index is 128. The third-order valence-corrected chi connectivity index (χ3v) is 4.30.